The molecule has 0 aliphatic heterocycles. The van der Waals surface area contributed by atoms with Crippen LogP contribution < -0.4 is 19.8 Å². The van der Waals surface area contributed by atoms with Crippen molar-refractivity contribution in [2.45, 2.75) is 0 Å². The van der Waals surface area contributed by atoms with Crippen molar-refractivity contribution in [2.24, 2.45) is 0 Å². The maximum absolute atomic E-state index is 12.9. The molecule has 0 unspecified atom stereocenters. The zero-order chi connectivity index (χ0) is 18.1. The van der Waals surface area contributed by atoms with Crippen LogP contribution >= 0.6 is 23.2 Å². The lowest BCUT2D eigenvalue weighted by atomic mass is 10.2. The summed E-state index contributed by atoms with van der Waals surface area (Å²) in [6.45, 7) is 0. The Hall–Kier alpha value is -2.44. The first-order valence-corrected chi connectivity index (χ1v) is 7.92. The van der Waals surface area contributed by atoms with E-state index in [0.29, 0.717) is 43.9 Å². The van der Waals surface area contributed by atoms with Crippen molar-refractivity contribution >= 4 is 34.1 Å². The Balaban J connectivity index is 2.30. The van der Waals surface area contributed by atoms with Crippen molar-refractivity contribution in [1.29, 1.82) is 0 Å². The summed E-state index contributed by atoms with van der Waals surface area (Å²) >= 11 is 12.1. The van der Waals surface area contributed by atoms with Crippen molar-refractivity contribution in [2.75, 3.05) is 21.3 Å². The molecule has 3 rings (SSSR count). The molecule has 130 valence electrons. The van der Waals surface area contributed by atoms with E-state index in [1.807, 2.05) is 0 Å². The maximum Gasteiger partial charge on any atom is 0.265 e. The molecule has 0 N–H and O–H groups in total. The lowest BCUT2D eigenvalue weighted by Crippen LogP contribution is -2.19. The molecule has 0 bridgehead atoms. The highest BCUT2D eigenvalue weighted by Crippen LogP contribution is 2.39. The summed E-state index contributed by atoms with van der Waals surface area (Å²) in [6.07, 6.45) is 1.39. The van der Waals surface area contributed by atoms with Gasteiger partial charge in [0, 0.05) is 17.2 Å². The molecule has 1 aromatic heterocycles. The number of rotatable bonds is 4. The maximum atomic E-state index is 12.9. The molecular weight excluding hydrogens is 367 g/mol. The number of aromatic nitrogens is 2. The standard InChI is InChI=1S/C17H14Cl2N2O4/c1-23-13-6-10(7-14(24-2)16(13)25-3)21-8-20-15-11(17(21)22)4-9(18)5-12(15)19/h4-8H,1-3H3. The summed E-state index contributed by atoms with van der Waals surface area (Å²) in [5.41, 5.74) is 0.577. The summed E-state index contributed by atoms with van der Waals surface area (Å²) in [6, 6.07) is 6.39. The molecule has 6 nitrogen and oxygen atoms in total. The second-order valence-corrected chi connectivity index (χ2v) is 5.93. The van der Waals surface area contributed by atoms with Crippen LogP contribution in [0.25, 0.3) is 16.6 Å². The van der Waals surface area contributed by atoms with Gasteiger partial charge >= 0.3 is 0 Å². The molecule has 25 heavy (non-hydrogen) atoms. The van der Waals surface area contributed by atoms with Gasteiger partial charge in [-0.15, -0.1) is 0 Å². The average Bonchev–Trinajstić information content (AvgIpc) is 2.61. The second-order valence-electron chi connectivity index (χ2n) is 5.09. The molecule has 0 saturated carbocycles. The van der Waals surface area contributed by atoms with Gasteiger partial charge in [-0.3, -0.25) is 9.36 Å². The number of ether oxygens (including phenoxy) is 3. The van der Waals surface area contributed by atoms with Crippen LogP contribution in [0, 0.1) is 0 Å². The summed E-state index contributed by atoms with van der Waals surface area (Å²) in [4.78, 5) is 17.2. The number of hydrogen-bond donors (Lipinski definition) is 0. The predicted octanol–water partition coefficient (Wildman–Crippen LogP) is 3.72. The van der Waals surface area contributed by atoms with Gasteiger partial charge in [0.2, 0.25) is 5.75 Å². The highest BCUT2D eigenvalue weighted by molar-refractivity contribution is 6.38. The Morgan fingerprint density at radius 2 is 1.60 bits per heavy atom. The van der Waals surface area contributed by atoms with Crippen LogP contribution in [-0.2, 0) is 0 Å². The third-order valence-electron chi connectivity index (χ3n) is 3.71. The topological polar surface area (TPSA) is 62.6 Å². The second kappa shape index (κ2) is 6.82. The average molecular weight is 381 g/mol. The van der Waals surface area contributed by atoms with E-state index in [9.17, 15) is 4.79 Å². The van der Waals surface area contributed by atoms with E-state index in [4.69, 9.17) is 37.4 Å². The van der Waals surface area contributed by atoms with Gasteiger partial charge in [0.05, 0.1) is 42.9 Å². The molecule has 0 atom stereocenters. The van der Waals surface area contributed by atoms with E-state index in [0.717, 1.165) is 0 Å². The number of benzene rings is 2. The summed E-state index contributed by atoms with van der Waals surface area (Å²) in [5, 5.41) is 0.990. The number of nitrogens with zero attached hydrogens (tertiary/aromatic N) is 2. The van der Waals surface area contributed by atoms with Crippen LogP contribution in [0.2, 0.25) is 10.0 Å². The molecule has 1 heterocycles. The fourth-order valence-electron chi connectivity index (χ4n) is 2.55. The molecule has 8 heteroatoms. The van der Waals surface area contributed by atoms with Crippen LogP contribution in [-0.4, -0.2) is 30.9 Å². The number of fused-ring (bicyclic) bond motifs is 1. The molecule has 3 aromatic rings. The zero-order valence-electron chi connectivity index (χ0n) is 13.7. The number of methoxy groups -OCH3 is 3. The van der Waals surface area contributed by atoms with Crippen LogP contribution in [0.1, 0.15) is 0 Å². The van der Waals surface area contributed by atoms with E-state index in [2.05, 4.69) is 4.98 Å². The Morgan fingerprint density at radius 3 is 2.16 bits per heavy atom. The molecule has 0 fully saturated rings. The van der Waals surface area contributed by atoms with E-state index in [-0.39, 0.29) is 5.56 Å². The zero-order valence-corrected chi connectivity index (χ0v) is 15.2. The van der Waals surface area contributed by atoms with E-state index in [1.54, 1.807) is 18.2 Å². The minimum atomic E-state index is -0.316. The predicted molar refractivity (Wildman–Crippen MR) is 97.0 cm³/mol. The normalized spacial score (nSPS) is 10.8. The van der Waals surface area contributed by atoms with Gasteiger partial charge < -0.3 is 14.2 Å². The fraction of sp³-hybridized carbons (Fsp3) is 0.176. The third-order valence-corrected chi connectivity index (χ3v) is 4.21. The SMILES string of the molecule is COc1cc(-n2cnc3c(Cl)cc(Cl)cc3c2=O)cc(OC)c1OC. The van der Waals surface area contributed by atoms with Crippen LogP contribution in [0.5, 0.6) is 17.2 Å². The fourth-order valence-corrected chi connectivity index (χ4v) is 3.09. The largest absolute Gasteiger partial charge is 0.493 e. The van der Waals surface area contributed by atoms with Crippen molar-refractivity contribution in [3.05, 3.63) is 51.0 Å². The number of hydrogen-bond acceptors (Lipinski definition) is 5. The molecule has 0 radical (unpaired) electrons. The van der Waals surface area contributed by atoms with Gasteiger partial charge in [-0.05, 0) is 12.1 Å². The Labute approximate surface area is 153 Å². The van der Waals surface area contributed by atoms with Crippen LogP contribution in [0.4, 0.5) is 0 Å². The highest BCUT2D eigenvalue weighted by atomic mass is 35.5. The van der Waals surface area contributed by atoms with E-state index in [1.165, 1.54) is 38.3 Å². The first-order valence-electron chi connectivity index (χ1n) is 7.17. The Kier molecular flexibility index (Phi) is 4.74. The van der Waals surface area contributed by atoms with Gasteiger partial charge in [-0.1, -0.05) is 23.2 Å². The molecule has 0 aliphatic rings. The molecule has 0 aliphatic carbocycles. The van der Waals surface area contributed by atoms with Crippen molar-refractivity contribution in [3.63, 3.8) is 0 Å². The van der Waals surface area contributed by atoms with Crippen molar-refractivity contribution in [3.8, 4) is 22.9 Å². The molecular formula is C17H14Cl2N2O4. The van der Waals surface area contributed by atoms with Crippen LogP contribution in [0.3, 0.4) is 0 Å². The molecule has 0 saturated heterocycles. The molecule has 2 aromatic carbocycles. The molecule has 0 spiro atoms. The van der Waals surface area contributed by atoms with E-state index >= 15 is 0 Å². The number of halogens is 2. The quantitative estimate of drug-likeness (QED) is 0.690. The Bertz CT molecular complexity index is 992. The lowest BCUT2D eigenvalue weighted by Gasteiger charge is -2.15. The monoisotopic (exact) mass is 380 g/mol. The van der Waals surface area contributed by atoms with Gasteiger partial charge in [-0.25, -0.2) is 4.98 Å². The van der Waals surface area contributed by atoms with Gasteiger partial charge in [0.15, 0.2) is 11.5 Å². The third kappa shape index (κ3) is 2.99. The van der Waals surface area contributed by atoms with Crippen LogP contribution in [0.15, 0.2) is 35.4 Å². The van der Waals surface area contributed by atoms with Crippen molar-refractivity contribution < 1.29 is 14.2 Å². The van der Waals surface area contributed by atoms with Gasteiger partial charge in [-0.2, -0.15) is 0 Å². The summed E-state index contributed by atoms with van der Waals surface area (Å²) < 4.78 is 17.3. The molecule has 0 amide bonds. The van der Waals surface area contributed by atoms with E-state index < -0.39 is 0 Å². The summed E-state index contributed by atoms with van der Waals surface area (Å²) in [5.74, 6) is 1.28. The van der Waals surface area contributed by atoms with Crippen molar-refractivity contribution in [1.82, 2.24) is 9.55 Å². The first-order chi connectivity index (χ1) is 12.0. The van der Waals surface area contributed by atoms with Gasteiger partial charge in [0.1, 0.15) is 6.33 Å². The lowest BCUT2D eigenvalue weighted by molar-refractivity contribution is 0.324. The minimum Gasteiger partial charge on any atom is -0.493 e. The smallest absolute Gasteiger partial charge is 0.265 e. The summed E-state index contributed by atoms with van der Waals surface area (Å²) in [7, 11) is 4.51. The minimum absolute atomic E-state index is 0.314. The van der Waals surface area contributed by atoms with Gasteiger partial charge in [0.25, 0.3) is 5.56 Å². The highest BCUT2D eigenvalue weighted by Gasteiger charge is 2.16. The first kappa shape index (κ1) is 17.4. The Morgan fingerprint density at radius 1 is 0.960 bits per heavy atom.